The van der Waals surface area contributed by atoms with E-state index >= 15 is 0 Å². The summed E-state index contributed by atoms with van der Waals surface area (Å²) >= 11 is 0. The van der Waals surface area contributed by atoms with Crippen molar-refractivity contribution >= 4 is 34.8 Å². The molecule has 10 heteroatoms. The van der Waals surface area contributed by atoms with Crippen LogP contribution >= 0.6 is 0 Å². The first-order chi connectivity index (χ1) is 16.4. The number of halogens is 1. The minimum Gasteiger partial charge on any atom is -0.368 e. The molecular weight excluding hydrogens is 439 g/mol. The van der Waals surface area contributed by atoms with Crippen LogP contribution in [-0.2, 0) is 16.1 Å². The fourth-order valence-electron chi connectivity index (χ4n) is 3.42. The molecule has 0 spiro atoms. The number of hydrogen-bond donors (Lipinski definition) is 3. The third-order valence-corrected chi connectivity index (χ3v) is 5.13. The van der Waals surface area contributed by atoms with Gasteiger partial charge in [-0.3, -0.25) is 24.4 Å². The lowest BCUT2D eigenvalue weighted by Crippen LogP contribution is -2.39. The zero-order valence-electron chi connectivity index (χ0n) is 17.9. The summed E-state index contributed by atoms with van der Waals surface area (Å²) in [6.07, 6.45) is 1.63. The molecule has 1 aliphatic heterocycles. The van der Waals surface area contributed by atoms with Gasteiger partial charge in [-0.05, 0) is 54.6 Å². The number of carbonyl (C=O) groups is 3. The normalized spacial score (nSPS) is 14.9. The molecule has 0 bridgehead atoms. The van der Waals surface area contributed by atoms with Gasteiger partial charge >= 0.3 is 0 Å². The number of carbonyl (C=O) groups excluding carboxylic acids is 3. The molecule has 4 rings (SSSR count). The standard InChI is InChI=1S/C24H21FN6O3/c25-16-7-9-19(10-8-16)31-21(22(26)32)13-20(30-31)24(34)29-17-6-3-4-15(12-17)23(33)28-14-18-5-1-2-11-27-18/h1-12,21H,13-14H2,(H2,26,32)(H,28,33)(H,29,34). The molecule has 0 saturated carbocycles. The number of benzene rings is 2. The second-order valence-electron chi connectivity index (χ2n) is 7.53. The van der Waals surface area contributed by atoms with Crippen molar-refractivity contribution in [3.05, 3.63) is 90.0 Å². The number of anilines is 2. The van der Waals surface area contributed by atoms with E-state index in [-0.39, 0.29) is 24.6 Å². The monoisotopic (exact) mass is 460 g/mol. The van der Waals surface area contributed by atoms with Gasteiger partial charge in [0.25, 0.3) is 11.8 Å². The van der Waals surface area contributed by atoms with E-state index in [1.165, 1.54) is 35.3 Å². The van der Waals surface area contributed by atoms with Crippen molar-refractivity contribution in [2.75, 3.05) is 10.3 Å². The fourth-order valence-corrected chi connectivity index (χ4v) is 3.42. The van der Waals surface area contributed by atoms with Crippen LogP contribution in [0.5, 0.6) is 0 Å². The summed E-state index contributed by atoms with van der Waals surface area (Å²) < 4.78 is 13.3. The summed E-state index contributed by atoms with van der Waals surface area (Å²) in [6, 6.07) is 16.3. The molecule has 172 valence electrons. The third kappa shape index (κ3) is 5.23. The third-order valence-electron chi connectivity index (χ3n) is 5.13. The van der Waals surface area contributed by atoms with Gasteiger partial charge in [0.2, 0.25) is 5.91 Å². The molecule has 34 heavy (non-hydrogen) atoms. The molecule has 9 nitrogen and oxygen atoms in total. The van der Waals surface area contributed by atoms with E-state index in [0.717, 1.165) is 0 Å². The Bertz CT molecular complexity index is 1250. The van der Waals surface area contributed by atoms with Crippen LogP contribution in [0.4, 0.5) is 15.8 Å². The number of pyridine rings is 1. The molecule has 0 fully saturated rings. The molecule has 1 aliphatic rings. The fraction of sp³-hybridized carbons (Fsp3) is 0.125. The molecule has 1 aromatic heterocycles. The summed E-state index contributed by atoms with van der Waals surface area (Å²) in [7, 11) is 0. The SMILES string of the molecule is NC(=O)C1CC(C(=O)Nc2cccc(C(=O)NCc3ccccn3)c2)=NN1c1ccc(F)cc1. The summed E-state index contributed by atoms with van der Waals surface area (Å²) in [5, 5.41) is 11.0. The Morgan fingerprint density at radius 2 is 1.82 bits per heavy atom. The van der Waals surface area contributed by atoms with E-state index in [1.54, 1.807) is 36.5 Å². The summed E-state index contributed by atoms with van der Waals surface area (Å²) in [6.45, 7) is 0.265. The maximum Gasteiger partial charge on any atom is 0.271 e. The van der Waals surface area contributed by atoms with Crippen molar-refractivity contribution in [3.63, 3.8) is 0 Å². The second kappa shape index (κ2) is 9.90. The predicted molar refractivity (Wildman–Crippen MR) is 124 cm³/mol. The molecule has 1 unspecified atom stereocenters. The van der Waals surface area contributed by atoms with Crippen LogP contribution in [0.25, 0.3) is 0 Å². The van der Waals surface area contributed by atoms with Crippen molar-refractivity contribution in [1.82, 2.24) is 10.3 Å². The van der Waals surface area contributed by atoms with Crippen LogP contribution in [-0.4, -0.2) is 34.5 Å². The predicted octanol–water partition coefficient (Wildman–Crippen LogP) is 2.21. The highest BCUT2D eigenvalue weighted by Crippen LogP contribution is 2.25. The molecule has 0 aliphatic carbocycles. The highest BCUT2D eigenvalue weighted by atomic mass is 19.1. The number of primary amides is 1. The van der Waals surface area contributed by atoms with Gasteiger partial charge in [-0.2, -0.15) is 5.10 Å². The van der Waals surface area contributed by atoms with Crippen molar-refractivity contribution in [3.8, 4) is 0 Å². The lowest BCUT2D eigenvalue weighted by molar-refractivity contribution is -0.119. The van der Waals surface area contributed by atoms with Gasteiger partial charge in [-0.1, -0.05) is 12.1 Å². The molecule has 0 saturated heterocycles. The van der Waals surface area contributed by atoms with Gasteiger partial charge in [0.1, 0.15) is 17.6 Å². The van der Waals surface area contributed by atoms with Crippen LogP contribution in [0.15, 0.2) is 78.0 Å². The minimum absolute atomic E-state index is 0.0111. The van der Waals surface area contributed by atoms with Crippen molar-refractivity contribution in [2.24, 2.45) is 10.8 Å². The van der Waals surface area contributed by atoms with Crippen molar-refractivity contribution in [1.29, 1.82) is 0 Å². The van der Waals surface area contributed by atoms with Gasteiger partial charge in [-0.25, -0.2) is 4.39 Å². The van der Waals surface area contributed by atoms with Crippen LogP contribution in [0.1, 0.15) is 22.5 Å². The number of nitrogens with one attached hydrogen (secondary N) is 2. The number of rotatable bonds is 7. The van der Waals surface area contributed by atoms with Gasteiger partial charge < -0.3 is 16.4 Å². The topological polar surface area (TPSA) is 130 Å². The molecule has 3 aromatic rings. The number of hydrogen-bond acceptors (Lipinski definition) is 6. The van der Waals surface area contributed by atoms with Crippen molar-refractivity contribution in [2.45, 2.75) is 19.0 Å². The van der Waals surface area contributed by atoms with Crippen LogP contribution < -0.4 is 21.4 Å². The zero-order chi connectivity index (χ0) is 24.1. The Morgan fingerprint density at radius 3 is 2.53 bits per heavy atom. The maximum atomic E-state index is 13.3. The summed E-state index contributed by atoms with van der Waals surface area (Å²) in [4.78, 5) is 41.4. The average molecular weight is 460 g/mol. The number of nitrogens with zero attached hydrogens (tertiary/aromatic N) is 3. The van der Waals surface area contributed by atoms with Crippen LogP contribution in [0, 0.1) is 5.82 Å². The molecule has 3 amide bonds. The lowest BCUT2D eigenvalue weighted by Gasteiger charge is -2.20. The maximum absolute atomic E-state index is 13.3. The first-order valence-corrected chi connectivity index (χ1v) is 10.4. The average Bonchev–Trinajstić information content (AvgIpc) is 3.30. The van der Waals surface area contributed by atoms with Gasteiger partial charge in [0.05, 0.1) is 17.9 Å². The number of aromatic nitrogens is 1. The highest BCUT2D eigenvalue weighted by Gasteiger charge is 2.35. The first kappa shape index (κ1) is 22.6. The van der Waals surface area contributed by atoms with E-state index in [0.29, 0.717) is 22.6 Å². The van der Waals surface area contributed by atoms with E-state index < -0.39 is 23.7 Å². The first-order valence-electron chi connectivity index (χ1n) is 10.4. The van der Waals surface area contributed by atoms with Crippen LogP contribution in [0.2, 0.25) is 0 Å². The number of hydrazone groups is 1. The Balaban J connectivity index is 1.44. The Morgan fingerprint density at radius 1 is 1.03 bits per heavy atom. The molecule has 4 N–H and O–H groups in total. The van der Waals surface area contributed by atoms with E-state index in [2.05, 4.69) is 20.7 Å². The summed E-state index contributed by atoms with van der Waals surface area (Å²) in [5.41, 5.74) is 7.45. The number of amides is 3. The molecule has 0 radical (unpaired) electrons. The molecule has 1 atom stereocenters. The zero-order valence-corrected chi connectivity index (χ0v) is 17.9. The number of nitrogens with two attached hydrogens (primary N) is 1. The Hall–Kier alpha value is -4.60. The quantitative estimate of drug-likeness (QED) is 0.498. The molecule has 2 heterocycles. The molecular formula is C24H21FN6O3. The van der Waals surface area contributed by atoms with Gasteiger partial charge in [-0.15, -0.1) is 0 Å². The van der Waals surface area contributed by atoms with Crippen molar-refractivity contribution < 1.29 is 18.8 Å². The summed E-state index contributed by atoms with van der Waals surface area (Å²) in [5.74, 6) is -1.97. The largest absolute Gasteiger partial charge is 0.368 e. The highest BCUT2D eigenvalue weighted by molar-refractivity contribution is 6.44. The minimum atomic E-state index is -0.880. The van der Waals surface area contributed by atoms with E-state index in [1.807, 2.05) is 6.07 Å². The smallest absolute Gasteiger partial charge is 0.271 e. The lowest BCUT2D eigenvalue weighted by atomic mass is 10.1. The van der Waals surface area contributed by atoms with E-state index in [9.17, 15) is 18.8 Å². The van der Waals surface area contributed by atoms with Gasteiger partial charge in [0, 0.05) is 23.9 Å². The van der Waals surface area contributed by atoms with Gasteiger partial charge in [0.15, 0.2) is 0 Å². The Labute approximate surface area is 194 Å². The Kier molecular flexibility index (Phi) is 6.58. The molecule has 2 aromatic carbocycles. The van der Waals surface area contributed by atoms with Crippen LogP contribution in [0.3, 0.4) is 0 Å². The second-order valence-corrected chi connectivity index (χ2v) is 7.53. The van der Waals surface area contributed by atoms with E-state index in [4.69, 9.17) is 5.73 Å².